The quantitative estimate of drug-likeness (QED) is 0.687. The molecule has 1 spiro atoms. The Morgan fingerprint density at radius 2 is 2.03 bits per heavy atom. The molecule has 1 aromatic rings. The van der Waals surface area contributed by atoms with Crippen molar-refractivity contribution < 1.29 is 18.9 Å². The van der Waals surface area contributed by atoms with Gasteiger partial charge in [-0.3, -0.25) is 9.59 Å². The lowest BCUT2D eigenvalue weighted by atomic mass is 9.21. The second-order valence-electron chi connectivity index (χ2n) is 10.8. The topological polar surface area (TPSA) is 93.9 Å². The van der Waals surface area contributed by atoms with Gasteiger partial charge in [-0.1, -0.05) is 19.1 Å². The van der Waals surface area contributed by atoms with Gasteiger partial charge in [-0.05, 0) is 69.1 Å². The fraction of sp³-hybridized carbons (Fsp3) is 0.667. The standard InChI is InChI=1S/C24H32BN3O4/c1-14(27-20(29)16-8-6-15(13-26)7-9-16)21(30)28-10-4-5-19(28)25-31-23(3)18-11-17-12-24(23,32-25)22(17,18)2/h6-9,14,17-19H,4-5,10-13,26H2,1-3H3,(H,27,29)/t14-,17?,18?,19+,22?,23+,24?/m1/s1. The average molecular weight is 437 g/mol. The normalized spacial score (nSPS) is 41.7. The molecule has 3 aliphatic carbocycles. The maximum atomic E-state index is 13.3. The summed E-state index contributed by atoms with van der Waals surface area (Å²) in [5, 5.41) is 2.86. The zero-order valence-electron chi connectivity index (χ0n) is 19.1. The van der Waals surface area contributed by atoms with E-state index in [1.807, 2.05) is 17.0 Å². The van der Waals surface area contributed by atoms with Crippen LogP contribution in [0.15, 0.2) is 24.3 Å². The highest BCUT2D eigenvalue weighted by Crippen LogP contribution is 2.87. The molecule has 7 atom stereocenters. The van der Waals surface area contributed by atoms with Gasteiger partial charge >= 0.3 is 7.12 Å². The van der Waals surface area contributed by atoms with Crippen LogP contribution in [0.2, 0.25) is 0 Å². The SMILES string of the molecule is C[C@@H](NC(=O)c1ccc(CN)cc1)C(=O)N1CCC[C@H]1B1OC23CC4CC(C42C)[C@]3(C)O1. The number of nitrogens with two attached hydrogens (primary N) is 1. The van der Waals surface area contributed by atoms with E-state index >= 15 is 0 Å². The van der Waals surface area contributed by atoms with E-state index in [4.69, 9.17) is 15.0 Å². The summed E-state index contributed by atoms with van der Waals surface area (Å²) in [7, 11) is -0.374. The Hall–Kier alpha value is -1.90. The minimum Gasteiger partial charge on any atom is -0.401 e. The number of likely N-dealkylation sites (tertiary alicyclic amines) is 1. The molecule has 2 aliphatic heterocycles. The molecule has 5 fully saturated rings. The van der Waals surface area contributed by atoms with Gasteiger partial charge in [-0.2, -0.15) is 0 Å². The smallest absolute Gasteiger partial charge is 0.401 e. The van der Waals surface area contributed by atoms with E-state index in [1.54, 1.807) is 19.1 Å². The van der Waals surface area contributed by atoms with E-state index in [0.717, 1.165) is 30.7 Å². The lowest BCUT2D eigenvalue weighted by Gasteiger charge is -2.87. The number of hydrogen-bond acceptors (Lipinski definition) is 5. The highest BCUT2D eigenvalue weighted by molar-refractivity contribution is 6.48. The van der Waals surface area contributed by atoms with Gasteiger partial charge in [-0.15, -0.1) is 0 Å². The lowest BCUT2D eigenvalue weighted by molar-refractivity contribution is -0.429. The van der Waals surface area contributed by atoms with Crippen molar-refractivity contribution in [1.29, 1.82) is 0 Å². The summed E-state index contributed by atoms with van der Waals surface area (Å²) in [5.74, 6) is 0.929. The molecule has 3 N–H and O–H groups in total. The van der Waals surface area contributed by atoms with Crippen LogP contribution in [0.3, 0.4) is 0 Å². The van der Waals surface area contributed by atoms with Crippen molar-refractivity contribution in [1.82, 2.24) is 10.2 Å². The number of rotatable bonds is 5. The average Bonchev–Trinajstić information content (AvgIpc) is 3.40. The van der Waals surface area contributed by atoms with Gasteiger partial charge in [0.1, 0.15) is 6.04 Å². The van der Waals surface area contributed by atoms with Crippen molar-refractivity contribution in [2.75, 3.05) is 6.54 Å². The molecule has 7 nitrogen and oxygen atoms in total. The molecule has 2 amide bonds. The van der Waals surface area contributed by atoms with Gasteiger partial charge in [-0.25, -0.2) is 0 Å². The first-order valence-electron chi connectivity index (χ1n) is 12.0. The molecule has 1 aromatic carbocycles. The van der Waals surface area contributed by atoms with Crippen LogP contribution in [-0.2, 0) is 20.6 Å². The summed E-state index contributed by atoms with van der Waals surface area (Å²) >= 11 is 0. The highest BCUT2D eigenvalue weighted by atomic mass is 16.7. The van der Waals surface area contributed by atoms with E-state index in [9.17, 15) is 9.59 Å². The summed E-state index contributed by atoms with van der Waals surface area (Å²) < 4.78 is 13.2. The highest BCUT2D eigenvalue weighted by Gasteiger charge is 2.93. The molecular weight excluding hydrogens is 405 g/mol. The number of hydrogen-bond donors (Lipinski definition) is 2. The van der Waals surface area contributed by atoms with Crippen molar-refractivity contribution >= 4 is 18.9 Å². The molecule has 32 heavy (non-hydrogen) atoms. The van der Waals surface area contributed by atoms with Crippen LogP contribution >= 0.6 is 0 Å². The Kier molecular flexibility index (Phi) is 4.26. The number of nitrogens with one attached hydrogen (secondary N) is 1. The summed E-state index contributed by atoms with van der Waals surface area (Å²) in [5.41, 5.74) is 7.00. The predicted octanol–water partition coefficient (Wildman–Crippen LogP) is 1.89. The van der Waals surface area contributed by atoms with Crippen molar-refractivity contribution in [2.24, 2.45) is 23.0 Å². The Balaban J connectivity index is 1.13. The van der Waals surface area contributed by atoms with Gasteiger partial charge in [0.2, 0.25) is 5.91 Å². The van der Waals surface area contributed by atoms with E-state index in [0.29, 0.717) is 24.6 Å². The predicted molar refractivity (Wildman–Crippen MR) is 119 cm³/mol. The maximum absolute atomic E-state index is 13.3. The number of amides is 2. The second kappa shape index (κ2) is 6.58. The van der Waals surface area contributed by atoms with Crippen LogP contribution in [0, 0.1) is 17.3 Å². The fourth-order valence-corrected chi connectivity index (χ4v) is 7.80. The first-order chi connectivity index (χ1) is 15.2. The number of fused-ring (bicyclic) bond motifs is 1. The fourth-order valence-electron chi connectivity index (χ4n) is 7.80. The number of nitrogens with zero attached hydrogens (tertiary/aromatic N) is 1. The molecule has 0 radical (unpaired) electrons. The summed E-state index contributed by atoms with van der Waals surface area (Å²) in [4.78, 5) is 27.8. The first kappa shape index (κ1) is 20.7. The molecule has 0 bridgehead atoms. The van der Waals surface area contributed by atoms with Gasteiger partial charge in [0, 0.05) is 24.1 Å². The lowest BCUT2D eigenvalue weighted by Crippen LogP contribution is -2.92. The monoisotopic (exact) mass is 437 g/mol. The third-order valence-electron chi connectivity index (χ3n) is 9.71. The van der Waals surface area contributed by atoms with Crippen molar-refractivity contribution in [3.8, 4) is 0 Å². The maximum Gasteiger partial charge on any atom is 0.482 e. The summed E-state index contributed by atoms with van der Waals surface area (Å²) in [6.07, 6.45) is 4.12. The Labute approximate surface area is 189 Å². The Morgan fingerprint density at radius 3 is 2.66 bits per heavy atom. The molecule has 6 rings (SSSR count). The van der Waals surface area contributed by atoms with E-state index in [1.165, 1.54) is 6.42 Å². The molecule has 2 heterocycles. The van der Waals surface area contributed by atoms with Crippen molar-refractivity contribution in [3.63, 3.8) is 0 Å². The number of benzene rings is 1. The minimum atomic E-state index is -0.619. The largest absolute Gasteiger partial charge is 0.482 e. The van der Waals surface area contributed by atoms with E-state index in [2.05, 4.69) is 19.2 Å². The molecule has 8 heteroatoms. The van der Waals surface area contributed by atoms with Crippen molar-refractivity contribution in [2.45, 2.75) is 76.2 Å². The molecule has 170 valence electrons. The molecular formula is C24H32BN3O4. The molecule has 2 saturated heterocycles. The van der Waals surface area contributed by atoms with Gasteiger partial charge in [0.15, 0.2) is 0 Å². The molecule has 5 aliphatic rings. The van der Waals surface area contributed by atoms with E-state index in [-0.39, 0.29) is 41.5 Å². The third-order valence-corrected chi connectivity index (χ3v) is 9.71. The Morgan fingerprint density at radius 1 is 1.28 bits per heavy atom. The van der Waals surface area contributed by atoms with Gasteiger partial charge < -0.3 is 25.3 Å². The third kappa shape index (κ3) is 2.28. The summed E-state index contributed by atoms with van der Waals surface area (Å²) in [6.45, 7) is 7.43. The number of carbonyl (C=O) groups is 2. The summed E-state index contributed by atoms with van der Waals surface area (Å²) in [6, 6.07) is 6.53. The van der Waals surface area contributed by atoms with Crippen LogP contribution in [-0.4, -0.2) is 53.6 Å². The van der Waals surface area contributed by atoms with Crippen LogP contribution in [0.5, 0.6) is 0 Å². The van der Waals surface area contributed by atoms with Crippen LogP contribution < -0.4 is 11.1 Å². The van der Waals surface area contributed by atoms with Crippen LogP contribution in [0.4, 0.5) is 0 Å². The van der Waals surface area contributed by atoms with E-state index < -0.39 is 6.04 Å². The molecule has 4 unspecified atom stereocenters. The minimum absolute atomic E-state index is 0.0748. The van der Waals surface area contributed by atoms with Gasteiger partial charge in [0.25, 0.3) is 5.91 Å². The number of carbonyl (C=O) groups excluding carboxylic acids is 2. The zero-order chi connectivity index (χ0) is 22.5. The molecule has 0 aromatic heterocycles. The first-order valence-corrected chi connectivity index (χ1v) is 12.0. The zero-order valence-corrected chi connectivity index (χ0v) is 19.1. The molecule has 3 saturated carbocycles. The van der Waals surface area contributed by atoms with Crippen LogP contribution in [0.1, 0.15) is 62.4 Å². The van der Waals surface area contributed by atoms with Crippen LogP contribution in [0.25, 0.3) is 0 Å². The second-order valence-corrected chi connectivity index (χ2v) is 10.8. The van der Waals surface area contributed by atoms with Crippen molar-refractivity contribution in [3.05, 3.63) is 35.4 Å². The Bertz CT molecular complexity index is 988. The van der Waals surface area contributed by atoms with Gasteiger partial charge in [0.05, 0.1) is 17.1 Å².